The van der Waals surface area contributed by atoms with E-state index in [4.69, 9.17) is 0 Å². The van der Waals surface area contributed by atoms with Crippen LogP contribution in [-0.4, -0.2) is 20.9 Å². The Morgan fingerprint density at radius 1 is 0.966 bits per heavy atom. The largest absolute Gasteiger partial charge is 0.350 e. The molecule has 0 unspecified atom stereocenters. The number of hydrogen-bond acceptors (Lipinski definition) is 5. The Hall–Kier alpha value is -3.80. The predicted octanol–water partition coefficient (Wildman–Crippen LogP) is 4.51. The molecular formula is C23H21N5O. The molecule has 0 fully saturated rings. The van der Waals surface area contributed by atoms with Crippen molar-refractivity contribution in [2.75, 3.05) is 10.6 Å². The lowest BCUT2D eigenvalue weighted by Gasteiger charge is -2.11. The summed E-state index contributed by atoms with van der Waals surface area (Å²) in [5, 5.41) is 7.10. The highest BCUT2D eigenvalue weighted by molar-refractivity contribution is 6.07. The molecule has 0 saturated carbocycles. The zero-order chi connectivity index (χ0) is 20.2. The highest BCUT2D eigenvalue weighted by atomic mass is 16.1. The first-order chi connectivity index (χ1) is 14.1. The van der Waals surface area contributed by atoms with E-state index in [0.717, 1.165) is 16.5 Å². The second-order valence-corrected chi connectivity index (χ2v) is 6.83. The molecule has 0 radical (unpaired) electrons. The molecule has 4 aromatic rings. The van der Waals surface area contributed by atoms with Crippen molar-refractivity contribution in [3.05, 3.63) is 89.4 Å². The number of anilines is 2. The number of nitrogens with zero attached hydrogens (tertiary/aromatic N) is 3. The van der Waals surface area contributed by atoms with Gasteiger partial charge in [0.2, 0.25) is 5.95 Å². The maximum atomic E-state index is 12.8. The minimum Gasteiger partial charge on any atom is -0.350 e. The van der Waals surface area contributed by atoms with Gasteiger partial charge in [0.25, 0.3) is 5.91 Å². The van der Waals surface area contributed by atoms with Gasteiger partial charge in [-0.3, -0.25) is 9.78 Å². The highest BCUT2D eigenvalue weighted by Gasteiger charge is 2.13. The summed E-state index contributed by atoms with van der Waals surface area (Å²) in [5.41, 5.74) is 4.76. The van der Waals surface area contributed by atoms with Gasteiger partial charge >= 0.3 is 0 Å². The van der Waals surface area contributed by atoms with Crippen molar-refractivity contribution in [3.8, 4) is 0 Å². The molecule has 0 atom stereocenters. The Labute approximate surface area is 169 Å². The van der Waals surface area contributed by atoms with Crippen molar-refractivity contribution in [2.24, 2.45) is 0 Å². The van der Waals surface area contributed by atoms with Crippen LogP contribution in [0.4, 0.5) is 11.6 Å². The summed E-state index contributed by atoms with van der Waals surface area (Å²) < 4.78 is 0. The summed E-state index contributed by atoms with van der Waals surface area (Å²) in [7, 11) is 0. The summed E-state index contributed by atoms with van der Waals surface area (Å²) in [5.74, 6) is 0.127. The summed E-state index contributed by atoms with van der Waals surface area (Å²) in [4.78, 5) is 26.0. The first-order valence-corrected chi connectivity index (χ1v) is 9.39. The summed E-state index contributed by atoms with van der Waals surface area (Å²) >= 11 is 0. The second kappa shape index (κ2) is 8.06. The van der Waals surface area contributed by atoms with Gasteiger partial charge in [0.15, 0.2) is 0 Å². The van der Waals surface area contributed by atoms with E-state index in [1.165, 1.54) is 5.56 Å². The monoisotopic (exact) mass is 383 g/mol. The summed E-state index contributed by atoms with van der Waals surface area (Å²) in [6.45, 7) is 4.49. The van der Waals surface area contributed by atoms with Crippen molar-refractivity contribution in [3.63, 3.8) is 0 Å². The molecule has 4 rings (SSSR count). The van der Waals surface area contributed by atoms with Gasteiger partial charge in [0.1, 0.15) is 5.69 Å². The molecule has 6 heteroatoms. The van der Waals surface area contributed by atoms with Gasteiger partial charge in [-0.15, -0.1) is 0 Å². The van der Waals surface area contributed by atoms with Gasteiger partial charge in [-0.1, -0.05) is 42.5 Å². The van der Waals surface area contributed by atoms with Crippen molar-refractivity contribution >= 4 is 28.4 Å². The van der Waals surface area contributed by atoms with Crippen LogP contribution in [0, 0.1) is 13.8 Å². The van der Waals surface area contributed by atoms with E-state index in [0.29, 0.717) is 29.6 Å². The van der Waals surface area contributed by atoms with Gasteiger partial charge in [-0.05, 0) is 43.2 Å². The normalized spacial score (nSPS) is 10.7. The topological polar surface area (TPSA) is 79.8 Å². The van der Waals surface area contributed by atoms with E-state index < -0.39 is 0 Å². The number of rotatable bonds is 5. The van der Waals surface area contributed by atoms with Crippen LogP contribution in [0.15, 0.2) is 66.9 Å². The molecule has 0 aliphatic heterocycles. The smallest absolute Gasteiger partial charge is 0.274 e. The predicted molar refractivity (Wildman–Crippen MR) is 115 cm³/mol. The van der Waals surface area contributed by atoms with E-state index >= 15 is 0 Å². The lowest BCUT2D eigenvalue weighted by atomic mass is 10.1. The number of hydrogen-bond donors (Lipinski definition) is 2. The number of pyridine rings is 1. The van der Waals surface area contributed by atoms with Crippen LogP contribution in [0.5, 0.6) is 0 Å². The molecule has 29 heavy (non-hydrogen) atoms. The fourth-order valence-electron chi connectivity index (χ4n) is 3.14. The van der Waals surface area contributed by atoms with Gasteiger partial charge in [0, 0.05) is 23.8 Å². The molecule has 1 amide bonds. The zero-order valence-electron chi connectivity index (χ0n) is 16.3. The third-order valence-corrected chi connectivity index (χ3v) is 4.67. The number of amides is 1. The Morgan fingerprint density at radius 2 is 1.79 bits per heavy atom. The number of fused-ring (bicyclic) bond motifs is 1. The second-order valence-electron chi connectivity index (χ2n) is 6.83. The van der Waals surface area contributed by atoms with Crippen molar-refractivity contribution in [2.45, 2.75) is 20.4 Å². The van der Waals surface area contributed by atoms with Crippen LogP contribution < -0.4 is 10.6 Å². The van der Waals surface area contributed by atoms with Crippen LogP contribution >= 0.6 is 0 Å². The molecule has 0 aliphatic carbocycles. The van der Waals surface area contributed by atoms with Crippen LogP contribution in [0.1, 0.15) is 27.3 Å². The molecule has 144 valence electrons. The molecule has 6 nitrogen and oxygen atoms in total. The lowest BCUT2D eigenvalue weighted by molar-refractivity contribution is 0.102. The molecule has 2 aromatic heterocycles. The van der Waals surface area contributed by atoms with Gasteiger partial charge in [-0.25, -0.2) is 9.97 Å². The van der Waals surface area contributed by atoms with Crippen LogP contribution in [-0.2, 0) is 6.54 Å². The highest BCUT2D eigenvalue weighted by Crippen LogP contribution is 2.21. The van der Waals surface area contributed by atoms with E-state index in [-0.39, 0.29) is 5.91 Å². The maximum absolute atomic E-state index is 12.8. The zero-order valence-corrected chi connectivity index (χ0v) is 16.3. The van der Waals surface area contributed by atoms with E-state index in [2.05, 4.69) is 44.6 Å². The van der Waals surface area contributed by atoms with Gasteiger partial charge < -0.3 is 10.6 Å². The van der Waals surface area contributed by atoms with Gasteiger partial charge in [-0.2, -0.15) is 0 Å². The van der Waals surface area contributed by atoms with E-state index in [9.17, 15) is 4.79 Å². The fraction of sp³-hybridized carbons (Fsp3) is 0.130. The van der Waals surface area contributed by atoms with Crippen LogP contribution in [0.25, 0.3) is 10.9 Å². The Bertz CT molecular complexity index is 1180. The quantitative estimate of drug-likeness (QED) is 0.530. The minimum absolute atomic E-state index is 0.299. The average molecular weight is 383 g/mol. The molecule has 2 heterocycles. The standard InChI is InChI=1S/C23H21N5O/c1-15-7-3-4-8-18(15)14-25-23-26-16(2)13-20(28-23)22(29)27-19-11-5-9-17-10-6-12-24-21(17)19/h3-13H,14H2,1-2H3,(H,27,29)(H,25,26,28). The fourth-order valence-corrected chi connectivity index (χ4v) is 3.14. The molecule has 2 N–H and O–H groups in total. The van der Waals surface area contributed by atoms with Crippen LogP contribution in [0.3, 0.4) is 0 Å². The molecule has 2 aromatic carbocycles. The number of nitrogens with one attached hydrogen (secondary N) is 2. The third kappa shape index (κ3) is 4.21. The Morgan fingerprint density at radius 3 is 2.66 bits per heavy atom. The van der Waals surface area contributed by atoms with Crippen molar-refractivity contribution in [1.82, 2.24) is 15.0 Å². The Kier molecular flexibility index (Phi) is 5.16. The Balaban J connectivity index is 1.55. The maximum Gasteiger partial charge on any atom is 0.274 e. The SMILES string of the molecule is Cc1cc(C(=O)Nc2cccc3cccnc23)nc(NCc2ccccc2C)n1. The van der Waals surface area contributed by atoms with Crippen molar-refractivity contribution in [1.29, 1.82) is 0 Å². The van der Waals surface area contributed by atoms with Crippen molar-refractivity contribution < 1.29 is 4.79 Å². The number of carbonyl (C=O) groups excluding carboxylic acids is 1. The van der Waals surface area contributed by atoms with Crippen LogP contribution in [0.2, 0.25) is 0 Å². The summed E-state index contributed by atoms with van der Waals surface area (Å²) in [6.07, 6.45) is 1.71. The number of aryl methyl sites for hydroxylation is 2. The number of benzene rings is 2. The van der Waals surface area contributed by atoms with E-state index in [1.807, 2.05) is 49.4 Å². The first kappa shape index (κ1) is 18.6. The number of carbonyl (C=O) groups is 1. The molecule has 0 spiro atoms. The minimum atomic E-state index is -0.299. The summed E-state index contributed by atoms with van der Waals surface area (Å²) in [6, 6.07) is 19.3. The first-order valence-electron chi connectivity index (χ1n) is 9.39. The van der Waals surface area contributed by atoms with E-state index in [1.54, 1.807) is 12.3 Å². The third-order valence-electron chi connectivity index (χ3n) is 4.67. The number of para-hydroxylation sites is 1. The molecular weight excluding hydrogens is 362 g/mol. The molecule has 0 saturated heterocycles. The average Bonchev–Trinajstić information content (AvgIpc) is 2.73. The molecule has 0 bridgehead atoms. The lowest BCUT2D eigenvalue weighted by Crippen LogP contribution is -2.16. The number of aromatic nitrogens is 3. The molecule has 0 aliphatic rings. The van der Waals surface area contributed by atoms with Gasteiger partial charge in [0.05, 0.1) is 11.2 Å².